The van der Waals surface area contributed by atoms with E-state index in [-0.39, 0.29) is 22.4 Å². The van der Waals surface area contributed by atoms with Crippen LogP contribution in [0.5, 0.6) is 0 Å². The molecular weight excluding hydrogens is 599 g/mol. The fourth-order valence-electron chi connectivity index (χ4n) is 5.42. The summed E-state index contributed by atoms with van der Waals surface area (Å²) in [6.07, 6.45) is 6.33. The molecule has 3 aliphatic rings. The number of likely N-dealkylation sites (N-methyl/N-ethyl adjacent to an activating group) is 1. The van der Waals surface area contributed by atoms with Gasteiger partial charge in [-0.3, -0.25) is 4.79 Å². The van der Waals surface area contributed by atoms with E-state index >= 15 is 0 Å². The second-order valence-electron chi connectivity index (χ2n) is 11.8. The van der Waals surface area contributed by atoms with Crippen LogP contribution in [0, 0.1) is 16.6 Å². The van der Waals surface area contributed by atoms with Crippen molar-refractivity contribution in [3.05, 3.63) is 102 Å². The third kappa shape index (κ3) is 10.6. The van der Waals surface area contributed by atoms with Crippen molar-refractivity contribution in [1.29, 1.82) is 0 Å². The zero-order chi connectivity index (χ0) is 34.5. The predicted octanol–water partition coefficient (Wildman–Crippen LogP) is 9.04. The lowest BCUT2D eigenvalue weighted by atomic mass is 10.0. The first-order valence-corrected chi connectivity index (χ1v) is 16.7. The van der Waals surface area contributed by atoms with Crippen LogP contribution in [0.4, 0.5) is 10.2 Å². The molecule has 2 saturated carbocycles. The normalized spacial score (nSPS) is 21.4. The van der Waals surface area contributed by atoms with Gasteiger partial charge in [-0.25, -0.2) is 9.37 Å². The number of ether oxygens (including phenoxy) is 1. The van der Waals surface area contributed by atoms with Gasteiger partial charge in [-0.1, -0.05) is 65.1 Å². The number of hydrogen-bond acceptors (Lipinski definition) is 6. The van der Waals surface area contributed by atoms with Crippen molar-refractivity contribution in [3.63, 3.8) is 0 Å². The standard InChI is InChI=1S/C20H20ClFO2.C14H22N4.2C2H6/c1-12(7-13(2)17-8-16(21)5-6-18(17)22)14(3)24-11-19-9-20(19,10-19)15(4)23;1-13(16-14-5-3-4-7-15-14)6-8-18-11-9-17(2)10-12-18;2*1-2/h5-8H,2-3,9-11H2,1,4H3;3-5,7H,1,6,8-12H2,2H3,(H,15,16);2*1-2H3/b12-7-;;;. The highest BCUT2D eigenvalue weighted by atomic mass is 35.5. The van der Waals surface area contributed by atoms with E-state index in [4.69, 9.17) is 16.3 Å². The van der Waals surface area contributed by atoms with Crippen molar-refractivity contribution < 1.29 is 13.9 Å². The summed E-state index contributed by atoms with van der Waals surface area (Å²) in [5, 5.41) is 3.70. The van der Waals surface area contributed by atoms with Crippen LogP contribution in [-0.2, 0) is 9.53 Å². The molecule has 3 fully saturated rings. The van der Waals surface area contributed by atoms with Crippen LogP contribution < -0.4 is 5.32 Å². The van der Waals surface area contributed by atoms with Gasteiger partial charge in [0.1, 0.15) is 23.2 Å². The number of benzene rings is 1. The Morgan fingerprint density at radius 2 is 1.72 bits per heavy atom. The van der Waals surface area contributed by atoms with E-state index in [0.29, 0.717) is 28.5 Å². The van der Waals surface area contributed by atoms with Gasteiger partial charge in [0.25, 0.3) is 0 Å². The van der Waals surface area contributed by atoms with Crippen LogP contribution >= 0.6 is 11.6 Å². The van der Waals surface area contributed by atoms with Crippen LogP contribution in [-0.4, -0.2) is 66.9 Å². The van der Waals surface area contributed by atoms with Crippen molar-refractivity contribution >= 4 is 28.8 Å². The maximum absolute atomic E-state index is 13.9. The van der Waals surface area contributed by atoms with Gasteiger partial charge in [0, 0.05) is 66.0 Å². The number of rotatable bonds is 12. The summed E-state index contributed by atoms with van der Waals surface area (Å²) in [7, 11) is 2.18. The second-order valence-corrected chi connectivity index (χ2v) is 12.2. The Morgan fingerprint density at radius 1 is 1.07 bits per heavy atom. The molecule has 5 rings (SSSR count). The van der Waals surface area contributed by atoms with Gasteiger partial charge in [0.15, 0.2) is 0 Å². The lowest BCUT2D eigenvalue weighted by Gasteiger charge is -2.32. The highest BCUT2D eigenvalue weighted by molar-refractivity contribution is 6.30. The van der Waals surface area contributed by atoms with Crippen molar-refractivity contribution in [2.75, 3.05) is 51.7 Å². The quantitative estimate of drug-likeness (QED) is 0.182. The number of ketones is 1. The maximum Gasteiger partial charge on any atom is 0.136 e. The minimum atomic E-state index is -0.374. The summed E-state index contributed by atoms with van der Waals surface area (Å²) < 4.78 is 19.6. The molecule has 2 heterocycles. The number of Topliss-reactive ketones (excluding diaryl/α,β-unsaturated/α-hetero) is 1. The summed E-state index contributed by atoms with van der Waals surface area (Å²) >= 11 is 5.91. The molecule has 0 radical (unpaired) electrons. The molecule has 2 aromatic rings. The lowest BCUT2D eigenvalue weighted by Crippen LogP contribution is -2.44. The number of carbonyl (C=O) groups excluding carboxylic acids is 1. The van der Waals surface area contributed by atoms with Gasteiger partial charge in [0.05, 0.1) is 6.61 Å². The van der Waals surface area contributed by atoms with E-state index in [2.05, 4.69) is 46.9 Å². The molecule has 0 bridgehead atoms. The van der Waals surface area contributed by atoms with E-state index in [1.54, 1.807) is 25.3 Å². The van der Waals surface area contributed by atoms with Gasteiger partial charge in [-0.2, -0.15) is 0 Å². The van der Waals surface area contributed by atoms with Crippen molar-refractivity contribution in [3.8, 4) is 0 Å². The second kappa shape index (κ2) is 18.2. The molecule has 0 amide bonds. The lowest BCUT2D eigenvalue weighted by molar-refractivity contribution is -0.120. The largest absolute Gasteiger partial charge is 0.493 e. The van der Waals surface area contributed by atoms with Crippen molar-refractivity contribution in [2.45, 2.75) is 60.8 Å². The molecule has 252 valence electrons. The van der Waals surface area contributed by atoms with Crippen molar-refractivity contribution in [2.24, 2.45) is 10.8 Å². The number of fused-ring (bicyclic) bond motifs is 1. The number of pyridine rings is 1. The minimum Gasteiger partial charge on any atom is -0.493 e. The number of carbonyl (C=O) groups is 1. The highest BCUT2D eigenvalue weighted by Crippen LogP contribution is 2.86. The molecule has 1 saturated heterocycles. The van der Waals surface area contributed by atoms with Crippen LogP contribution in [0.2, 0.25) is 5.02 Å². The first kappa shape index (κ1) is 38.9. The number of hydrogen-bond donors (Lipinski definition) is 1. The number of piperazine rings is 1. The number of allylic oxidation sites excluding steroid dienone is 3. The molecule has 0 unspecified atom stereocenters. The SMILES string of the molecule is C=C(CCN1CCN(C)CC1)Nc1ccccn1.C=C(OCC12CC1(C(C)=O)C2)/C(C)=C\C(=C)c1cc(Cl)ccc1F.CC.CC. The van der Waals surface area contributed by atoms with E-state index < -0.39 is 0 Å². The highest BCUT2D eigenvalue weighted by Gasteiger charge is 2.85. The van der Waals surface area contributed by atoms with E-state index in [1.165, 1.54) is 25.2 Å². The first-order chi connectivity index (χ1) is 21.9. The molecule has 0 atom stereocenters. The monoisotopic (exact) mass is 652 g/mol. The molecule has 1 aromatic heterocycles. The fraction of sp³-hybridized carbons (Fsp3) is 0.474. The number of halogens is 2. The Hall–Kier alpha value is -3.26. The summed E-state index contributed by atoms with van der Waals surface area (Å²) in [4.78, 5) is 20.7. The molecule has 46 heavy (non-hydrogen) atoms. The number of aromatic nitrogens is 1. The Morgan fingerprint density at radius 3 is 2.28 bits per heavy atom. The predicted molar refractivity (Wildman–Crippen MR) is 192 cm³/mol. The number of anilines is 1. The molecule has 0 spiro atoms. The summed E-state index contributed by atoms with van der Waals surface area (Å²) in [6, 6.07) is 10.2. The molecule has 1 aromatic carbocycles. The molecular formula is C38H54ClFN4O2. The molecule has 1 aliphatic heterocycles. The maximum atomic E-state index is 13.9. The average molecular weight is 653 g/mol. The van der Waals surface area contributed by atoms with Crippen LogP contribution in [0.15, 0.2) is 85.4 Å². The third-order valence-electron chi connectivity index (χ3n) is 8.64. The van der Waals surface area contributed by atoms with E-state index in [9.17, 15) is 9.18 Å². The number of nitrogens with one attached hydrogen (secondary N) is 1. The summed E-state index contributed by atoms with van der Waals surface area (Å²) in [5.74, 6) is 1.28. The third-order valence-corrected chi connectivity index (χ3v) is 8.88. The Balaban J connectivity index is 0.000000299. The van der Waals surface area contributed by atoms with Gasteiger partial charge >= 0.3 is 0 Å². The summed E-state index contributed by atoms with van der Waals surface area (Å²) in [5.41, 5.74) is 2.59. The molecule has 8 heteroatoms. The van der Waals surface area contributed by atoms with Gasteiger partial charge in [-0.05, 0) is 87.7 Å². The molecule has 1 N–H and O–H groups in total. The van der Waals surface area contributed by atoms with Gasteiger partial charge < -0.3 is 19.9 Å². The van der Waals surface area contributed by atoms with E-state index in [0.717, 1.165) is 56.0 Å². The zero-order valence-corrected chi connectivity index (χ0v) is 29.8. The van der Waals surface area contributed by atoms with Gasteiger partial charge in [-0.15, -0.1) is 0 Å². The fourth-order valence-corrected chi connectivity index (χ4v) is 5.60. The smallest absolute Gasteiger partial charge is 0.136 e. The van der Waals surface area contributed by atoms with E-state index in [1.807, 2.05) is 52.8 Å². The minimum absolute atomic E-state index is 0.0398. The summed E-state index contributed by atoms with van der Waals surface area (Å²) in [6.45, 7) is 29.6. The number of nitrogens with zero attached hydrogens (tertiary/aromatic N) is 3. The zero-order valence-electron chi connectivity index (χ0n) is 29.0. The average Bonchev–Trinajstić information content (AvgIpc) is 3.91. The topological polar surface area (TPSA) is 57.7 Å². The Bertz CT molecular complexity index is 1360. The molecule has 2 aliphatic carbocycles. The first-order valence-electron chi connectivity index (χ1n) is 16.4. The van der Waals surface area contributed by atoms with Crippen LogP contribution in [0.25, 0.3) is 5.57 Å². The van der Waals surface area contributed by atoms with Crippen molar-refractivity contribution in [1.82, 2.24) is 14.8 Å². The Labute approximate surface area is 282 Å². The van der Waals surface area contributed by atoms with Gasteiger partial charge in [0.2, 0.25) is 0 Å². The Kier molecular flexibility index (Phi) is 15.4. The van der Waals surface area contributed by atoms with Crippen LogP contribution in [0.3, 0.4) is 0 Å². The van der Waals surface area contributed by atoms with Crippen LogP contribution in [0.1, 0.15) is 66.4 Å². The molecule has 6 nitrogen and oxygen atoms in total.